The van der Waals surface area contributed by atoms with E-state index in [1.165, 1.54) is 12.8 Å². The molecular formula is C14H18O2. The number of ether oxygens (including phenoxy) is 1. The Hall–Kier alpha value is -1.15. The van der Waals surface area contributed by atoms with E-state index in [4.69, 9.17) is 4.74 Å². The van der Waals surface area contributed by atoms with Crippen molar-refractivity contribution in [3.8, 4) is 0 Å². The summed E-state index contributed by atoms with van der Waals surface area (Å²) in [6.07, 6.45) is 3.46. The minimum atomic E-state index is -0.318. The van der Waals surface area contributed by atoms with E-state index in [0.29, 0.717) is 6.61 Å². The molecule has 1 unspecified atom stereocenters. The molecule has 0 heterocycles. The van der Waals surface area contributed by atoms with E-state index < -0.39 is 0 Å². The number of hydrogen-bond acceptors (Lipinski definition) is 2. The molecule has 1 atom stereocenters. The van der Waals surface area contributed by atoms with Crippen LogP contribution in [-0.4, -0.2) is 18.5 Å². The van der Waals surface area contributed by atoms with Gasteiger partial charge in [0.25, 0.3) is 0 Å². The molecule has 0 radical (unpaired) electrons. The van der Waals surface area contributed by atoms with Gasteiger partial charge in [-0.15, -0.1) is 0 Å². The number of carbonyl (C=O) groups excluding carboxylic acids is 1. The molecule has 1 fully saturated rings. The normalized spacial score (nSPS) is 17.1. The summed E-state index contributed by atoms with van der Waals surface area (Å²) >= 11 is 0. The average molecular weight is 218 g/mol. The molecule has 2 heteroatoms. The average Bonchev–Trinajstić information content (AvgIpc) is 3.13. The van der Waals surface area contributed by atoms with Crippen LogP contribution in [-0.2, 0) is 4.74 Å². The van der Waals surface area contributed by atoms with Crippen LogP contribution in [0.2, 0.25) is 0 Å². The second-order valence-corrected chi connectivity index (χ2v) is 4.48. The predicted octanol–water partition coefficient (Wildman–Crippen LogP) is 3.07. The van der Waals surface area contributed by atoms with Crippen LogP contribution in [0.4, 0.5) is 0 Å². The van der Waals surface area contributed by atoms with Gasteiger partial charge in [0.2, 0.25) is 0 Å². The van der Waals surface area contributed by atoms with Gasteiger partial charge >= 0.3 is 0 Å². The predicted molar refractivity (Wildman–Crippen MR) is 63.5 cm³/mol. The van der Waals surface area contributed by atoms with Crippen molar-refractivity contribution in [2.75, 3.05) is 6.61 Å². The van der Waals surface area contributed by atoms with Gasteiger partial charge in [0, 0.05) is 12.2 Å². The van der Waals surface area contributed by atoms with Gasteiger partial charge < -0.3 is 4.74 Å². The van der Waals surface area contributed by atoms with Gasteiger partial charge in [-0.05, 0) is 19.3 Å². The van der Waals surface area contributed by atoms with Crippen LogP contribution in [0.25, 0.3) is 0 Å². The van der Waals surface area contributed by atoms with Crippen LogP contribution in [0.3, 0.4) is 0 Å². The maximum atomic E-state index is 11.9. The summed E-state index contributed by atoms with van der Waals surface area (Å²) in [6, 6.07) is 9.34. The molecule has 0 spiro atoms. The molecule has 1 saturated carbocycles. The molecule has 16 heavy (non-hydrogen) atoms. The third kappa shape index (κ3) is 3.17. The fraction of sp³-hybridized carbons (Fsp3) is 0.500. The lowest BCUT2D eigenvalue weighted by atomic mass is 10.1. The van der Waals surface area contributed by atoms with E-state index in [1.807, 2.05) is 37.3 Å². The zero-order chi connectivity index (χ0) is 11.4. The second kappa shape index (κ2) is 5.26. The van der Waals surface area contributed by atoms with E-state index in [1.54, 1.807) is 0 Å². The Labute approximate surface area is 96.6 Å². The Morgan fingerprint density at radius 2 is 2.06 bits per heavy atom. The Bertz CT molecular complexity index is 341. The van der Waals surface area contributed by atoms with Crippen molar-refractivity contribution in [2.24, 2.45) is 5.92 Å². The lowest BCUT2D eigenvalue weighted by Crippen LogP contribution is -2.21. The SMILES string of the molecule is CC(OCCC1CC1)C(=O)c1ccccc1. The molecule has 0 saturated heterocycles. The molecule has 1 aliphatic carbocycles. The van der Waals surface area contributed by atoms with Crippen LogP contribution in [0.15, 0.2) is 30.3 Å². The van der Waals surface area contributed by atoms with E-state index >= 15 is 0 Å². The summed E-state index contributed by atoms with van der Waals surface area (Å²) in [6.45, 7) is 2.55. The number of ketones is 1. The summed E-state index contributed by atoms with van der Waals surface area (Å²) in [5, 5.41) is 0. The van der Waals surface area contributed by atoms with Gasteiger partial charge in [0.1, 0.15) is 6.10 Å². The molecule has 0 N–H and O–H groups in total. The first kappa shape index (κ1) is 11.3. The van der Waals surface area contributed by atoms with Crippen molar-refractivity contribution >= 4 is 5.78 Å². The van der Waals surface area contributed by atoms with Gasteiger partial charge in [-0.25, -0.2) is 0 Å². The Morgan fingerprint density at radius 1 is 1.38 bits per heavy atom. The monoisotopic (exact) mass is 218 g/mol. The number of rotatable bonds is 6. The van der Waals surface area contributed by atoms with Gasteiger partial charge in [-0.3, -0.25) is 4.79 Å². The highest BCUT2D eigenvalue weighted by Crippen LogP contribution is 2.32. The largest absolute Gasteiger partial charge is 0.370 e. The molecular weight excluding hydrogens is 200 g/mol. The third-order valence-corrected chi connectivity index (χ3v) is 3.02. The van der Waals surface area contributed by atoms with E-state index in [0.717, 1.165) is 17.9 Å². The van der Waals surface area contributed by atoms with Crippen LogP contribution < -0.4 is 0 Å². The summed E-state index contributed by atoms with van der Waals surface area (Å²) < 4.78 is 5.56. The summed E-state index contributed by atoms with van der Waals surface area (Å²) in [4.78, 5) is 11.9. The number of Topliss-reactive ketones (excluding diaryl/α,β-unsaturated/α-hetero) is 1. The van der Waals surface area contributed by atoms with E-state index in [2.05, 4.69) is 0 Å². The standard InChI is InChI=1S/C14H18O2/c1-11(16-10-9-12-7-8-12)14(15)13-5-3-2-4-6-13/h2-6,11-12H,7-10H2,1H3. The summed E-state index contributed by atoms with van der Waals surface area (Å²) in [5.74, 6) is 0.940. The molecule has 0 aromatic heterocycles. The number of hydrogen-bond donors (Lipinski definition) is 0. The Morgan fingerprint density at radius 3 is 2.69 bits per heavy atom. The highest BCUT2D eigenvalue weighted by atomic mass is 16.5. The lowest BCUT2D eigenvalue weighted by Gasteiger charge is -2.11. The molecule has 2 nitrogen and oxygen atoms in total. The number of benzene rings is 1. The first-order valence-electron chi connectivity index (χ1n) is 5.98. The fourth-order valence-electron chi connectivity index (χ4n) is 1.73. The maximum absolute atomic E-state index is 11.9. The zero-order valence-electron chi connectivity index (χ0n) is 9.69. The molecule has 86 valence electrons. The summed E-state index contributed by atoms with van der Waals surface area (Å²) in [7, 11) is 0. The third-order valence-electron chi connectivity index (χ3n) is 3.02. The highest BCUT2D eigenvalue weighted by Gasteiger charge is 2.22. The van der Waals surface area contributed by atoms with Gasteiger partial charge in [-0.1, -0.05) is 43.2 Å². The quantitative estimate of drug-likeness (QED) is 0.686. The second-order valence-electron chi connectivity index (χ2n) is 4.48. The maximum Gasteiger partial charge on any atom is 0.191 e. The zero-order valence-corrected chi connectivity index (χ0v) is 9.69. The van der Waals surface area contributed by atoms with Crippen molar-refractivity contribution in [2.45, 2.75) is 32.3 Å². The molecule has 2 rings (SSSR count). The highest BCUT2D eigenvalue weighted by molar-refractivity contribution is 5.99. The van der Waals surface area contributed by atoms with E-state index in [9.17, 15) is 4.79 Å². The van der Waals surface area contributed by atoms with Crippen LogP contribution in [0.5, 0.6) is 0 Å². The van der Waals surface area contributed by atoms with Crippen molar-refractivity contribution in [3.05, 3.63) is 35.9 Å². The van der Waals surface area contributed by atoms with E-state index in [-0.39, 0.29) is 11.9 Å². The van der Waals surface area contributed by atoms with Crippen molar-refractivity contribution < 1.29 is 9.53 Å². The first-order valence-corrected chi connectivity index (χ1v) is 5.98. The molecule has 0 aliphatic heterocycles. The lowest BCUT2D eigenvalue weighted by molar-refractivity contribution is 0.0457. The number of carbonyl (C=O) groups is 1. The van der Waals surface area contributed by atoms with Crippen LogP contribution in [0, 0.1) is 5.92 Å². The molecule has 0 bridgehead atoms. The smallest absolute Gasteiger partial charge is 0.191 e. The Balaban J connectivity index is 1.79. The molecule has 1 aromatic rings. The van der Waals surface area contributed by atoms with Crippen LogP contribution in [0.1, 0.15) is 36.5 Å². The molecule has 1 aromatic carbocycles. The van der Waals surface area contributed by atoms with Crippen LogP contribution >= 0.6 is 0 Å². The van der Waals surface area contributed by atoms with Gasteiger partial charge in [-0.2, -0.15) is 0 Å². The topological polar surface area (TPSA) is 26.3 Å². The van der Waals surface area contributed by atoms with Crippen molar-refractivity contribution in [1.82, 2.24) is 0 Å². The minimum Gasteiger partial charge on any atom is -0.370 e. The Kier molecular flexibility index (Phi) is 3.73. The van der Waals surface area contributed by atoms with Crippen molar-refractivity contribution in [3.63, 3.8) is 0 Å². The van der Waals surface area contributed by atoms with Crippen molar-refractivity contribution in [1.29, 1.82) is 0 Å². The molecule has 1 aliphatic rings. The summed E-state index contributed by atoms with van der Waals surface area (Å²) in [5.41, 5.74) is 0.737. The minimum absolute atomic E-state index is 0.0800. The molecule has 0 amide bonds. The first-order chi connectivity index (χ1) is 7.77. The van der Waals surface area contributed by atoms with Gasteiger partial charge in [0.15, 0.2) is 5.78 Å². The van der Waals surface area contributed by atoms with Gasteiger partial charge in [0.05, 0.1) is 0 Å². The fourth-order valence-corrected chi connectivity index (χ4v) is 1.73.